The van der Waals surface area contributed by atoms with E-state index < -0.39 is 10.0 Å². The van der Waals surface area contributed by atoms with Gasteiger partial charge in [-0.3, -0.25) is 4.79 Å². The van der Waals surface area contributed by atoms with Crippen LogP contribution in [0.5, 0.6) is 0 Å². The number of hydrogen-bond acceptors (Lipinski definition) is 4. The molecule has 2 aliphatic heterocycles. The summed E-state index contributed by atoms with van der Waals surface area (Å²) in [7, 11) is -1.55. The number of hydrogen-bond donors (Lipinski definition) is 0. The molecule has 0 aromatic heterocycles. The summed E-state index contributed by atoms with van der Waals surface area (Å²) in [6.45, 7) is 2.92. The van der Waals surface area contributed by atoms with Gasteiger partial charge in [-0.1, -0.05) is 18.2 Å². The first-order valence-electron chi connectivity index (χ1n) is 8.64. The molecule has 6 nitrogen and oxygen atoms in total. The molecule has 2 fully saturated rings. The number of methoxy groups -OCH3 is 1. The number of rotatable bonds is 4. The minimum atomic E-state index is -3.20. The standard InChI is InChI=1S/C18H26N2O4S/c1-24-13-16-12-20(25(2,22)23)14-18(16)8-10-19(11-9-18)17(21)15-6-4-3-5-7-15/h3-7,16H,8-14H2,1-2H3/t16-/m0/s1. The number of carbonyl (C=O) groups is 1. The highest BCUT2D eigenvalue weighted by Crippen LogP contribution is 2.45. The third-order valence-corrected chi connectivity index (χ3v) is 6.90. The lowest BCUT2D eigenvalue weighted by atomic mass is 9.71. The van der Waals surface area contributed by atoms with E-state index in [2.05, 4.69) is 0 Å². The van der Waals surface area contributed by atoms with E-state index in [1.54, 1.807) is 11.4 Å². The van der Waals surface area contributed by atoms with Crippen LogP contribution in [0.3, 0.4) is 0 Å². The monoisotopic (exact) mass is 366 g/mol. The molecular formula is C18H26N2O4S. The Balaban J connectivity index is 1.71. The Morgan fingerprint density at radius 1 is 1.24 bits per heavy atom. The smallest absolute Gasteiger partial charge is 0.253 e. The van der Waals surface area contributed by atoms with Crippen LogP contribution in [0.2, 0.25) is 0 Å². The Kier molecular flexibility index (Phi) is 5.18. The summed E-state index contributed by atoms with van der Waals surface area (Å²) in [4.78, 5) is 14.5. The first kappa shape index (κ1) is 18.4. The van der Waals surface area contributed by atoms with E-state index in [9.17, 15) is 13.2 Å². The third kappa shape index (κ3) is 3.73. The molecule has 1 aromatic rings. The molecule has 1 spiro atoms. The van der Waals surface area contributed by atoms with Crippen LogP contribution in [0.1, 0.15) is 23.2 Å². The van der Waals surface area contributed by atoms with Gasteiger partial charge in [0.1, 0.15) is 0 Å². The second-order valence-electron chi connectivity index (χ2n) is 7.23. The summed E-state index contributed by atoms with van der Waals surface area (Å²) in [6.07, 6.45) is 2.89. The fraction of sp³-hybridized carbons (Fsp3) is 0.611. The van der Waals surface area contributed by atoms with Crippen LogP contribution in [-0.2, 0) is 14.8 Å². The third-order valence-electron chi connectivity index (χ3n) is 5.69. The van der Waals surface area contributed by atoms with E-state index in [1.807, 2.05) is 35.2 Å². The van der Waals surface area contributed by atoms with Crippen LogP contribution in [-0.4, -0.2) is 69.7 Å². The van der Waals surface area contributed by atoms with Crippen LogP contribution in [0.25, 0.3) is 0 Å². The molecule has 3 rings (SSSR count). The molecule has 0 saturated carbocycles. The maximum atomic E-state index is 12.6. The molecule has 1 aromatic carbocycles. The minimum absolute atomic E-state index is 0.0525. The van der Waals surface area contributed by atoms with Crippen LogP contribution < -0.4 is 0 Å². The van der Waals surface area contributed by atoms with Gasteiger partial charge in [0, 0.05) is 44.8 Å². The largest absolute Gasteiger partial charge is 0.384 e. The molecule has 0 unspecified atom stereocenters. The van der Waals surface area contributed by atoms with Crippen LogP contribution in [0.4, 0.5) is 0 Å². The molecule has 2 aliphatic rings. The van der Waals surface area contributed by atoms with Gasteiger partial charge >= 0.3 is 0 Å². The lowest BCUT2D eigenvalue weighted by molar-refractivity contribution is 0.0327. The number of benzene rings is 1. The number of likely N-dealkylation sites (tertiary alicyclic amines) is 1. The maximum Gasteiger partial charge on any atom is 0.253 e. The summed E-state index contributed by atoms with van der Waals surface area (Å²) in [5.41, 5.74) is 0.614. The number of carbonyl (C=O) groups excluding carboxylic acids is 1. The van der Waals surface area contributed by atoms with Crippen LogP contribution in [0, 0.1) is 11.3 Å². The number of nitrogens with zero attached hydrogens (tertiary/aromatic N) is 2. The average molecular weight is 366 g/mol. The number of piperidine rings is 1. The first-order chi connectivity index (χ1) is 11.9. The molecule has 7 heteroatoms. The predicted molar refractivity (Wildman–Crippen MR) is 95.8 cm³/mol. The summed E-state index contributed by atoms with van der Waals surface area (Å²) < 4.78 is 30.9. The van der Waals surface area contributed by atoms with E-state index in [0.717, 1.165) is 12.8 Å². The molecule has 0 N–H and O–H groups in total. The highest BCUT2D eigenvalue weighted by atomic mass is 32.2. The fourth-order valence-electron chi connectivity index (χ4n) is 4.15. The van der Waals surface area contributed by atoms with Gasteiger partial charge in [0.15, 0.2) is 0 Å². The number of sulfonamides is 1. The summed E-state index contributed by atoms with van der Waals surface area (Å²) in [5, 5.41) is 0. The van der Waals surface area contributed by atoms with E-state index in [0.29, 0.717) is 38.3 Å². The topological polar surface area (TPSA) is 66.9 Å². The summed E-state index contributed by atoms with van der Waals surface area (Å²) in [6, 6.07) is 9.31. The Bertz CT molecular complexity index is 712. The molecule has 1 atom stereocenters. The Morgan fingerprint density at radius 3 is 2.44 bits per heavy atom. The normalized spacial score (nSPS) is 23.9. The van der Waals surface area contributed by atoms with Crippen molar-refractivity contribution in [3.8, 4) is 0 Å². The summed E-state index contributed by atoms with van der Waals surface area (Å²) >= 11 is 0. The molecule has 0 aliphatic carbocycles. The Hall–Kier alpha value is -1.44. The van der Waals surface area contributed by atoms with E-state index in [-0.39, 0.29) is 17.2 Å². The van der Waals surface area contributed by atoms with Crippen molar-refractivity contribution in [1.29, 1.82) is 0 Å². The van der Waals surface area contributed by atoms with Gasteiger partial charge in [-0.2, -0.15) is 0 Å². The van der Waals surface area contributed by atoms with Gasteiger partial charge in [0.25, 0.3) is 5.91 Å². The zero-order valence-corrected chi connectivity index (χ0v) is 15.7. The highest BCUT2D eigenvalue weighted by molar-refractivity contribution is 7.88. The van der Waals surface area contributed by atoms with Gasteiger partial charge in [-0.15, -0.1) is 0 Å². The van der Waals surface area contributed by atoms with Gasteiger partial charge < -0.3 is 9.64 Å². The van der Waals surface area contributed by atoms with E-state index in [4.69, 9.17) is 4.74 Å². The van der Waals surface area contributed by atoms with Crippen molar-refractivity contribution >= 4 is 15.9 Å². The average Bonchev–Trinajstić information content (AvgIpc) is 2.95. The van der Waals surface area contributed by atoms with Crippen molar-refractivity contribution in [2.24, 2.45) is 11.3 Å². The van der Waals surface area contributed by atoms with Crippen molar-refractivity contribution in [2.45, 2.75) is 12.8 Å². The lowest BCUT2D eigenvalue weighted by Crippen LogP contribution is -2.47. The Labute approximate surface area is 149 Å². The molecule has 1 amide bonds. The number of amides is 1. The quantitative estimate of drug-likeness (QED) is 0.809. The Morgan fingerprint density at radius 2 is 1.88 bits per heavy atom. The van der Waals surface area contributed by atoms with E-state index >= 15 is 0 Å². The van der Waals surface area contributed by atoms with Gasteiger partial charge in [0.2, 0.25) is 10.0 Å². The molecule has 0 bridgehead atoms. The van der Waals surface area contributed by atoms with Crippen molar-refractivity contribution < 1.29 is 17.9 Å². The highest BCUT2D eigenvalue weighted by Gasteiger charge is 2.50. The van der Waals surface area contributed by atoms with Gasteiger partial charge in [-0.05, 0) is 30.4 Å². The summed E-state index contributed by atoms with van der Waals surface area (Å²) in [5.74, 6) is 0.234. The second-order valence-corrected chi connectivity index (χ2v) is 9.21. The maximum absolute atomic E-state index is 12.6. The van der Waals surface area contributed by atoms with Gasteiger partial charge in [0.05, 0.1) is 12.9 Å². The zero-order valence-electron chi connectivity index (χ0n) is 14.8. The molecule has 0 radical (unpaired) electrons. The SMILES string of the molecule is COC[C@@H]1CN(S(C)(=O)=O)CC12CCN(C(=O)c1ccccc1)CC2. The van der Waals surface area contributed by atoms with Gasteiger partial charge in [-0.25, -0.2) is 12.7 Å². The fourth-order valence-corrected chi connectivity index (χ4v) is 5.09. The predicted octanol–water partition coefficient (Wildman–Crippen LogP) is 1.45. The van der Waals surface area contributed by atoms with Crippen LogP contribution >= 0.6 is 0 Å². The van der Waals surface area contributed by atoms with Crippen molar-refractivity contribution in [3.63, 3.8) is 0 Å². The van der Waals surface area contributed by atoms with E-state index in [1.165, 1.54) is 6.26 Å². The van der Waals surface area contributed by atoms with Crippen LogP contribution in [0.15, 0.2) is 30.3 Å². The number of ether oxygens (including phenoxy) is 1. The molecule has 25 heavy (non-hydrogen) atoms. The molecule has 2 saturated heterocycles. The van der Waals surface area contributed by atoms with Crippen molar-refractivity contribution in [3.05, 3.63) is 35.9 Å². The second kappa shape index (κ2) is 7.05. The first-order valence-corrected chi connectivity index (χ1v) is 10.5. The molecule has 138 valence electrons. The van der Waals surface area contributed by atoms with Crippen molar-refractivity contribution in [1.82, 2.24) is 9.21 Å². The zero-order chi connectivity index (χ0) is 18.1. The molecule has 2 heterocycles. The minimum Gasteiger partial charge on any atom is -0.384 e. The van der Waals surface area contributed by atoms with Crippen molar-refractivity contribution in [2.75, 3.05) is 46.2 Å². The molecular weight excluding hydrogens is 340 g/mol. The lowest BCUT2D eigenvalue weighted by Gasteiger charge is -2.42.